The van der Waals surface area contributed by atoms with Crippen LogP contribution in [0.1, 0.15) is 23.0 Å². The predicted octanol–water partition coefficient (Wildman–Crippen LogP) is 6.23. The van der Waals surface area contributed by atoms with E-state index >= 15 is 0 Å². The van der Waals surface area contributed by atoms with Crippen LogP contribution in [-0.4, -0.2) is 19.7 Å². The Morgan fingerprint density at radius 1 is 0.889 bits per heavy atom. The quantitative estimate of drug-likeness (QED) is 0.220. The van der Waals surface area contributed by atoms with Crippen molar-refractivity contribution in [3.63, 3.8) is 0 Å². The number of alkyl halides is 3. The average Bonchev–Trinajstić information content (AvgIpc) is 2.86. The molecule has 0 atom stereocenters. The molecule has 3 aromatic carbocycles. The lowest BCUT2D eigenvalue weighted by Gasteiger charge is -2.14. The number of carbonyl (C=O) groups excluding carboxylic acids is 1. The van der Waals surface area contributed by atoms with Crippen molar-refractivity contribution in [1.82, 2.24) is 0 Å². The maximum absolute atomic E-state index is 13.8. The van der Waals surface area contributed by atoms with Crippen molar-refractivity contribution in [2.24, 2.45) is 0 Å². The second-order valence-electron chi connectivity index (χ2n) is 7.37. The molecule has 1 aromatic heterocycles. The number of halogens is 3. The highest BCUT2D eigenvalue weighted by Crippen LogP contribution is 2.39. The van der Waals surface area contributed by atoms with Gasteiger partial charge in [0.1, 0.15) is 28.6 Å². The number of hydrogen-bond acceptors (Lipinski definition) is 7. The fourth-order valence-electron chi connectivity index (χ4n) is 3.28. The number of benzene rings is 3. The normalized spacial score (nSPS) is 11.2. The average molecular weight is 500 g/mol. The molecule has 1 heterocycles. The molecule has 0 aliphatic rings. The van der Waals surface area contributed by atoms with Crippen LogP contribution in [0.15, 0.2) is 75.9 Å². The summed E-state index contributed by atoms with van der Waals surface area (Å²) < 4.78 is 67.2. The number of ether oxygens (including phenoxy) is 4. The van der Waals surface area contributed by atoms with Crippen LogP contribution in [0.4, 0.5) is 13.2 Å². The Kier molecular flexibility index (Phi) is 6.86. The maximum Gasteiger partial charge on any atom is 0.453 e. The second-order valence-corrected chi connectivity index (χ2v) is 7.37. The van der Waals surface area contributed by atoms with Gasteiger partial charge in [0, 0.05) is 6.07 Å². The smallest absolute Gasteiger partial charge is 0.453 e. The Bertz CT molecular complexity index is 1440. The Morgan fingerprint density at radius 2 is 1.50 bits per heavy atom. The largest absolute Gasteiger partial charge is 0.497 e. The van der Waals surface area contributed by atoms with Gasteiger partial charge in [-0.2, -0.15) is 13.2 Å². The highest BCUT2D eigenvalue weighted by Gasteiger charge is 2.40. The fourth-order valence-corrected chi connectivity index (χ4v) is 3.28. The zero-order chi connectivity index (χ0) is 25.9. The summed E-state index contributed by atoms with van der Waals surface area (Å²) in [5, 5.41) is -0.188. The highest BCUT2D eigenvalue weighted by molar-refractivity contribution is 5.91. The van der Waals surface area contributed by atoms with E-state index in [0.717, 1.165) is 6.07 Å². The van der Waals surface area contributed by atoms with Crippen LogP contribution in [0.2, 0.25) is 0 Å². The molecule has 10 heteroatoms. The van der Waals surface area contributed by atoms with Gasteiger partial charge in [-0.25, -0.2) is 4.79 Å². The van der Waals surface area contributed by atoms with E-state index in [1.807, 2.05) is 6.92 Å². The van der Waals surface area contributed by atoms with Gasteiger partial charge in [0.2, 0.25) is 11.2 Å². The molecule has 0 radical (unpaired) electrons. The molecular weight excluding hydrogens is 481 g/mol. The molecule has 0 bridgehead atoms. The van der Waals surface area contributed by atoms with Gasteiger partial charge in [0.05, 0.1) is 24.7 Å². The maximum atomic E-state index is 13.8. The summed E-state index contributed by atoms with van der Waals surface area (Å²) in [6, 6.07) is 15.3. The first-order chi connectivity index (χ1) is 17.2. The monoisotopic (exact) mass is 500 g/mol. The number of rotatable bonds is 7. The Morgan fingerprint density at radius 3 is 2.11 bits per heavy atom. The van der Waals surface area contributed by atoms with E-state index in [-0.39, 0.29) is 22.4 Å². The minimum Gasteiger partial charge on any atom is -0.497 e. The van der Waals surface area contributed by atoms with Gasteiger partial charge in [-0.15, -0.1) is 0 Å². The van der Waals surface area contributed by atoms with Crippen molar-refractivity contribution in [3.8, 4) is 28.7 Å². The summed E-state index contributed by atoms with van der Waals surface area (Å²) in [5.41, 5.74) is -1.27. The number of methoxy groups -OCH3 is 1. The van der Waals surface area contributed by atoms with E-state index in [4.69, 9.17) is 23.4 Å². The minimum atomic E-state index is -5.04. The summed E-state index contributed by atoms with van der Waals surface area (Å²) in [4.78, 5) is 25.4. The summed E-state index contributed by atoms with van der Waals surface area (Å²) in [6.45, 7) is 2.28. The van der Waals surface area contributed by atoms with Crippen molar-refractivity contribution < 1.29 is 41.3 Å². The molecule has 36 heavy (non-hydrogen) atoms. The molecule has 0 N–H and O–H groups in total. The van der Waals surface area contributed by atoms with Crippen LogP contribution in [-0.2, 0) is 6.18 Å². The molecule has 0 aliphatic heterocycles. The lowest BCUT2D eigenvalue weighted by Crippen LogP contribution is -2.15. The second kappa shape index (κ2) is 10.0. The molecule has 0 unspecified atom stereocenters. The van der Waals surface area contributed by atoms with E-state index in [9.17, 15) is 22.8 Å². The van der Waals surface area contributed by atoms with Gasteiger partial charge in [-0.1, -0.05) is 0 Å². The summed E-state index contributed by atoms with van der Waals surface area (Å²) in [7, 11) is 1.43. The number of fused-ring (bicyclic) bond motifs is 1. The van der Waals surface area contributed by atoms with E-state index in [0.29, 0.717) is 18.1 Å². The molecule has 0 spiro atoms. The summed E-state index contributed by atoms with van der Waals surface area (Å²) in [6.07, 6.45) is -5.04. The van der Waals surface area contributed by atoms with Crippen LogP contribution in [0, 0.1) is 0 Å². The molecule has 0 saturated heterocycles. The molecule has 0 amide bonds. The predicted molar refractivity (Wildman–Crippen MR) is 123 cm³/mol. The summed E-state index contributed by atoms with van der Waals surface area (Å²) in [5.74, 6) is -2.50. The summed E-state index contributed by atoms with van der Waals surface area (Å²) >= 11 is 0. The molecule has 0 saturated carbocycles. The number of esters is 1. The van der Waals surface area contributed by atoms with Crippen molar-refractivity contribution in [2.45, 2.75) is 13.1 Å². The fraction of sp³-hybridized carbons (Fsp3) is 0.154. The van der Waals surface area contributed by atoms with Gasteiger partial charge in [0.25, 0.3) is 5.76 Å². The third kappa shape index (κ3) is 5.27. The zero-order valence-electron chi connectivity index (χ0n) is 19.0. The van der Waals surface area contributed by atoms with E-state index < -0.39 is 34.7 Å². The Labute approximate surface area is 202 Å². The van der Waals surface area contributed by atoms with Gasteiger partial charge < -0.3 is 23.4 Å². The lowest BCUT2D eigenvalue weighted by atomic mass is 10.2. The van der Waals surface area contributed by atoms with Crippen molar-refractivity contribution >= 4 is 16.9 Å². The molecular formula is C26H19F3O7. The van der Waals surface area contributed by atoms with Crippen molar-refractivity contribution in [1.29, 1.82) is 0 Å². The minimum absolute atomic E-state index is 0.0196. The standard InChI is InChI=1S/C26H19F3O7/c1-3-33-17-6-4-15(5-7-17)25(31)35-19-12-13-20-21(14-19)36-24(26(27,28)29)23(22(20)30)34-18-10-8-16(32-2)9-11-18/h4-14H,3H2,1-2H3. The van der Waals surface area contributed by atoms with Crippen molar-refractivity contribution in [2.75, 3.05) is 13.7 Å². The molecule has 4 rings (SSSR count). The topological polar surface area (TPSA) is 84.2 Å². The molecule has 0 aliphatic carbocycles. The Hall–Kier alpha value is -4.47. The lowest BCUT2D eigenvalue weighted by molar-refractivity contribution is -0.154. The first kappa shape index (κ1) is 24.6. The zero-order valence-corrected chi connectivity index (χ0v) is 19.0. The number of hydrogen-bond donors (Lipinski definition) is 0. The van der Waals surface area contributed by atoms with E-state index in [1.54, 1.807) is 12.1 Å². The van der Waals surface area contributed by atoms with E-state index in [2.05, 4.69) is 0 Å². The third-order valence-electron chi connectivity index (χ3n) is 4.97. The highest BCUT2D eigenvalue weighted by atomic mass is 19.4. The van der Waals surface area contributed by atoms with Crippen LogP contribution < -0.4 is 24.4 Å². The van der Waals surface area contributed by atoms with Gasteiger partial charge in [-0.3, -0.25) is 4.79 Å². The van der Waals surface area contributed by atoms with Crippen LogP contribution in [0.3, 0.4) is 0 Å². The molecule has 4 aromatic rings. The van der Waals surface area contributed by atoms with Crippen LogP contribution >= 0.6 is 0 Å². The first-order valence-corrected chi connectivity index (χ1v) is 10.6. The number of carbonyl (C=O) groups is 1. The third-order valence-corrected chi connectivity index (χ3v) is 4.97. The molecule has 186 valence electrons. The van der Waals surface area contributed by atoms with Crippen LogP contribution in [0.25, 0.3) is 11.0 Å². The molecule has 0 fully saturated rings. The Balaban J connectivity index is 1.67. The van der Waals surface area contributed by atoms with Crippen molar-refractivity contribution in [3.05, 3.63) is 88.3 Å². The van der Waals surface area contributed by atoms with Crippen LogP contribution in [0.5, 0.6) is 28.7 Å². The van der Waals surface area contributed by atoms with Gasteiger partial charge in [0.15, 0.2) is 0 Å². The first-order valence-electron chi connectivity index (χ1n) is 10.6. The molecule has 7 nitrogen and oxygen atoms in total. The van der Waals surface area contributed by atoms with Gasteiger partial charge >= 0.3 is 12.1 Å². The SMILES string of the molecule is CCOc1ccc(C(=O)Oc2ccc3c(=O)c(Oc4ccc(OC)cc4)c(C(F)(F)F)oc3c2)cc1. The van der Waals surface area contributed by atoms with E-state index in [1.165, 1.54) is 55.6 Å². The van der Waals surface area contributed by atoms with Gasteiger partial charge in [-0.05, 0) is 67.6 Å².